The molecular formula is C14H12BrCl2NO2S. The maximum Gasteiger partial charge on any atom is 0.242 e. The quantitative estimate of drug-likeness (QED) is 0.806. The fourth-order valence-electron chi connectivity index (χ4n) is 1.73. The summed E-state index contributed by atoms with van der Waals surface area (Å²) < 4.78 is 27.7. The van der Waals surface area contributed by atoms with Gasteiger partial charge in [0.05, 0.1) is 4.90 Å². The highest BCUT2D eigenvalue weighted by Crippen LogP contribution is 2.28. The molecule has 0 amide bonds. The summed E-state index contributed by atoms with van der Waals surface area (Å²) in [7, 11) is -3.69. The summed E-state index contributed by atoms with van der Waals surface area (Å²) in [4.78, 5) is 0.102. The van der Waals surface area contributed by atoms with Gasteiger partial charge < -0.3 is 0 Å². The van der Waals surface area contributed by atoms with Gasteiger partial charge in [0, 0.05) is 21.1 Å². The molecule has 0 saturated heterocycles. The molecule has 0 aliphatic carbocycles. The fourth-order valence-corrected chi connectivity index (χ4v) is 4.34. The molecule has 2 aromatic rings. The topological polar surface area (TPSA) is 46.2 Å². The van der Waals surface area contributed by atoms with Crippen molar-refractivity contribution in [2.24, 2.45) is 0 Å². The lowest BCUT2D eigenvalue weighted by atomic mass is 10.2. The van der Waals surface area contributed by atoms with Crippen LogP contribution in [0.2, 0.25) is 10.0 Å². The zero-order chi connectivity index (χ0) is 15.6. The number of benzene rings is 2. The van der Waals surface area contributed by atoms with Gasteiger partial charge in [-0.25, -0.2) is 13.1 Å². The Balaban J connectivity index is 2.27. The largest absolute Gasteiger partial charge is 0.242 e. The van der Waals surface area contributed by atoms with Crippen molar-refractivity contribution in [2.45, 2.75) is 18.4 Å². The molecule has 0 unspecified atom stereocenters. The van der Waals surface area contributed by atoms with Crippen molar-refractivity contribution < 1.29 is 8.42 Å². The van der Waals surface area contributed by atoms with E-state index in [-0.39, 0.29) is 11.4 Å². The highest BCUT2D eigenvalue weighted by molar-refractivity contribution is 9.10. The van der Waals surface area contributed by atoms with Crippen LogP contribution in [-0.4, -0.2) is 8.42 Å². The third-order valence-corrected chi connectivity index (χ3v) is 6.05. The molecule has 2 aromatic carbocycles. The summed E-state index contributed by atoms with van der Waals surface area (Å²) in [5, 5.41) is 0.914. The zero-order valence-electron chi connectivity index (χ0n) is 11.0. The van der Waals surface area contributed by atoms with Gasteiger partial charge in [0.1, 0.15) is 0 Å². The summed E-state index contributed by atoms with van der Waals surface area (Å²) in [5.74, 6) is 0. The van der Waals surface area contributed by atoms with E-state index in [0.29, 0.717) is 20.1 Å². The van der Waals surface area contributed by atoms with Gasteiger partial charge >= 0.3 is 0 Å². The molecule has 0 aliphatic rings. The van der Waals surface area contributed by atoms with Gasteiger partial charge in [0.25, 0.3) is 0 Å². The molecule has 112 valence electrons. The van der Waals surface area contributed by atoms with Crippen molar-refractivity contribution in [3.05, 3.63) is 62.0 Å². The SMILES string of the molecule is Cc1cc(Br)c(S(=O)(=O)NCc2ccccc2Cl)cc1Cl. The molecule has 21 heavy (non-hydrogen) atoms. The third kappa shape index (κ3) is 3.99. The van der Waals surface area contributed by atoms with Crippen LogP contribution >= 0.6 is 39.1 Å². The second-order valence-corrected chi connectivity index (χ2v) is 7.85. The first-order chi connectivity index (χ1) is 9.81. The first-order valence-electron chi connectivity index (χ1n) is 6.00. The molecule has 0 aromatic heterocycles. The van der Waals surface area contributed by atoms with Crippen LogP contribution in [0.25, 0.3) is 0 Å². The van der Waals surface area contributed by atoms with E-state index in [1.807, 2.05) is 0 Å². The zero-order valence-corrected chi connectivity index (χ0v) is 14.9. The number of rotatable bonds is 4. The molecular weight excluding hydrogens is 397 g/mol. The van der Waals surface area contributed by atoms with Crippen LogP contribution in [0.15, 0.2) is 45.8 Å². The van der Waals surface area contributed by atoms with E-state index in [2.05, 4.69) is 20.7 Å². The van der Waals surface area contributed by atoms with Gasteiger partial charge in [-0.15, -0.1) is 0 Å². The van der Waals surface area contributed by atoms with E-state index in [4.69, 9.17) is 23.2 Å². The molecule has 0 heterocycles. The Kier molecular flexibility index (Phi) is 5.33. The Bertz CT molecular complexity index is 779. The fraction of sp³-hybridized carbons (Fsp3) is 0.143. The van der Waals surface area contributed by atoms with Crippen molar-refractivity contribution in [3.8, 4) is 0 Å². The summed E-state index contributed by atoms with van der Waals surface area (Å²) in [6.07, 6.45) is 0. The van der Waals surface area contributed by atoms with Gasteiger partial charge in [-0.3, -0.25) is 0 Å². The number of sulfonamides is 1. The maximum atomic E-state index is 12.4. The first-order valence-corrected chi connectivity index (χ1v) is 9.03. The Labute approximate surface area is 142 Å². The number of halogens is 3. The standard InChI is InChI=1S/C14H12BrCl2NO2S/c1-9-6-11(15)14(7-13(9)17)21(19,20)18-8-10-4-2-3-5-12(10)16/h2-7,18H,8H2,1H3. The maximum absolute atomic E-state index is 12.4. The summed E-state index contributed by atoms with van der Waals surface area (Å²) >= 11 is 15.3. The monoisotopic (exact) mass is 407 g/mol. The molecule has 2 rings (SSSR count). The molecule has 3 nitrogen and oxygen atoms in total. The van der Waals surface area contributed by atoms with E-state index in [1.165, 1.54) is 6.07 Å². The second kappa shape index (κ2) is 6.67. The van der Waals surface area contributed by atoms with E-state index >= 15 is 0 Å². The minimum absolute atomic E-state index is 0.102. The number of hydrogen-bond acceptors (Lipinski definition) is 2. The third-order valence-electron chi connectivity index (χ3n) is 2.91. The lowest BCUT2D eigenvalue weighted by molar-refractivity contribution is 0.581. The van der Waals surface area contributed by atoms with Gasteiger partial charge in [0.15, 0.2) is 0 Å². The van der Waals surface area contributed by atoms with E-state index < -0.39 is 10.0 Å². The molecule has 0 fully saturated rings. The summed E-state index contributed by atoms with van der Waals surface area (Å²) in [5.41, 5.74) is 1.51. The minimum atomic E-state index is -3.69. The van der Waals surface area contributed by atoms with Crippen LogP contribution in [0.4, 0.5) is 0 Å². The van der Waals surface area contributed by atoms with Crippen LogP contribution < -0.4 is 4.72 Å². The molecule has 1 N–H and O–H groups in total. The predicted octanol–water partition coefficient (Wildman–Crippen LogP) is 4.54. The smallest absolute Gasteiger partial charge is 0.207 e. The van der Waals surface area contributed by atoms with E-state index in [9.17, 15) is 8.42 Å². The van der Waals surface area contributed by atoms with E-state index in [1.54, 1.807) is 37.3 Å². The first kappa shape index (κ1) is 16.8. The van der Waals surface area contributed by atoms with Crippen LogP contribution in [0.3, 0.4) is 0 Å². The van der Waals surface area contributed by atoms with Gasteiger partial charge in [-0.05, 0) is 52.2 Å². The van der Waals surface area contributed by atoms with Crippen molar-refractivity contribution in [1.82, 2.24) is 4.72 Å². The molecule has 0 spiro atoms. The molecule has 0 saturated carbocycles. The van der Waals surface area contributed by atoms with Crippen LogP contribution in [0, 0.1) is 6.92 Å². The molecule has 0 radical (unpaired) electrons. The second-order valence-electron chi connectivity index (χ2n) is 4.45. The Morgan fingerprint density at radius 2 is 1.81 bits per heavy atom. The molecule has 7 heteroatoms. The lowest BCUT2D eigenvalue weighted by Crippen LogP contribution is -2.23. The van der Waals surface area contributed by atoms with E-state index in [0.717, 1.165) is 5.56 Å². The highest BCUT2D eigenvalue weighted by atomic mass is 79.9. The number of hydrogen-bond donors (Lipinski definition) is 1. The summed E-state index contributed by atoms with van der Waals surface area (Å²) in [6.45, 7) is 1.92. The summed E-state index contributed by atoms with van der Waals surface area (Å²) in [6, 6.07) is 10.2. The normalized spacial score (nSPS) is 11.6. The average molecular weight is 409 g/mol. The predicted molar refractivity (Wildman–Crippen MR) is 89.4 cm³/mol. The van der Waals surface area contributed by atoms with Crippen LogP contribution in [0.1, 0.15) is 11.1 Å². The van der Waals surface area contributed by atoms with Crippen LogP contribution in [-0.2, 0) is 16.6 Å². The molecule has 0 atom stereocenters. The molecule has 0 aliphatic heterocycles. The lowest BCUT2D eigenvalue weighted by Gasteiger charge is -2.11. The highest BCUT2D eigenvalue weighted by Gasteiger charge is 2.19. The van der Waals surface area contributed by atoms with Crippen molar-refractivity contribution >= 4 is 49.2 Å². The average Bonchev–Trinajstić information content (AvgIpc) is 2.42. The van der Waals surface area contributed by atoms with Gasteiger partial charge in [-0.2, -0.15) is 0 Å². The Hall–Kier alpha value is -0.590. The van der Waals surface area contributed by atoms with Crippen molar-refractivity contribution in [2.75, 3.05) is 0 Å². The number of aryl methyl sites for hydroxylation is 1. The van der Waals surface area contributed by atoms with Gasteiger partial charge in [-0.1, -0.05) is 41.4 Å². The number of nitrogens with one attached hydrogen (secondary N) is 1. The minimum Gasteiger partial charge on any atom is -0.207 e. The Morgan fingerprint density at radius 1 is 1.14 bits per heavy atom. The van der Waals surface area contributed by atoms with Crippen molar-refractivity contribution in [1.29, 1.82) is 0 Å². The molecule has 0 bridgehead atoms. The Morgan fingerprint density at radius 3 is 2.48 bits per heavy atom. The van der Waals surface area contributed by atoms with Gasteiger partial charge in [0.2, 0.25) is 10.0 Å². The van der Waals surface area contributed by atoms with Crippen LogP contribution in [0.5, 0.6) is 0 Å². The van der Waals surface area contributed by atoms with Crippen molar-refractivity contribution in [3.63, 3.8) is 0 Å².